The van der Waals surface area contributed by atoms with Gasteiger partial charge < -0.3 is 25.2 Å². The maximum atomic E-state index is 12.2. The Morgan fingerprint density at radius 2 is 1.91 bits per heavy atom. The van der Waals surface area contributed by atoms with Crippen LogP contribution in [-0.2, 0) is 31.6 Å². The standard InChI is InChI=1S/C15H26N3O11P3/c1-3-5-6-11-9-18(15(19)17-14(11)16)13-8-7-12(27-13)10-26-31(22,23)29-32(24,25)28-30(20,21)4-2/h5-6,9,12-13H,3-4,7-8,10H2,1-2H3,(H,20,21)(H,22,23)(H,24,25)(H2,16,17,19)/b6-5+/t12-,13+/m0/s1. The summed E-state index contributed by atoms with van der Waals surface area (Å²) in [5, 5.41) is 0. The van der Waals surface area contributed by atoms with Gasteiger partial charge in [-0.25, -0.2) is 18.2 Å². The highest BCUT2D eigenvalue weighted by Crippen LogP contribution is 2.67. The van der Waals surface area contributed by atoms with Gasteiger partial charge in [0.15, 0.2) is 0 Å². The number of allylic oxidation sites excluding steroid dienone is 1. The average Bonchev–Trinajstić information content (AvgIpc) is 3.13. The number of phosphoric acid groups is 2. The number of rotatable bonds is 11. The van der Waals surface area contributed by atoms with E-state index in [0.29, 0.717) is 18.4 Å². The van der Waals surface area contributed by atoms with Crippen molar-refractivity contribution in [3.05, 3.63) is 28.3 Å². The smallest absolute Gasteiger partial charge is 0.383 e. The van der Waals surface area contributed by atoms with Crippen molar-refractivity contribution in [2.75, 3.05) is 18.5 Å². The maximum absolute atomic E-state index is 12.2. The van der Waals surface area contributed by atoms with Crippen LogP contribution in [0, 0.1) is 0 Å². The normalized spacial score (nSPS) is 24.8. The lowest BCUT2D eigenvalue weighted by Crippen LogP contribution is -2.28. The topological polar surface area (TPSA) is 210 Å². The summed E-state index contributed by atoms with van der Waals surface area (Å²) >= 11 is 0. The largest absolute Gasteiger partial charge is 0.488 e. The number of ether oxygens (including phenoxy) is 1. The van der Waals surface area contributed by atoms with E-state index in [2.05, 4.69) is 18.1 Å². The summed E-state index contributed by atoms with van der Waals surface area (Å²) in [6, 6.07) is 0. The van der Waals surface area contributed by atoms with E-state index < -0.39 is 54.0 Å². The lowest BCUT2D eigenvalue weighted by Gasteiger charge is -2.20. The Balaban J connectivity index is 2.00. The molecule has 3 unspecified atom stereocenters. The SMILES string of the molecule is CC/C=C/c1cn([C@H]2CC[C@@H](COP(=O)(O)OP(=O)(O)OP(=O)(O)CC)O2)c(=O)nc1N. The molecule has 32 heavy (non-hydrogen) atoms. The van der Waals surface area contributed by atoms with Gasteiger partial charge in [0, 0.05) is 17.9 Å². The van der Waals surface area contributed by atoms with Gasteiger partial charge in [-0.15, -0.1) is 0 Å². The molecule has 0 radical (unpaired) electrons. The molecule has 1 fully saturated rings. The molecule has 0 aromatic carbocycles. The van der Waals surface area contributed by atoms with Gasteiger partial charge in [0.2, 0.25) is 0 Å². The molecule has 182 valence electrons. The zero-order valence-corrected chi connectivity index (χ0v) is 20.0. The molecule has 0 amide bonds. The van der Waals surface area contributed by atoms with E-state index in [1.807, 2.05) is 13.0 Å². The fraction of sp³-hybridized carbons (Fsp3) is 0.600. The Morgan fingerprint density at radius 3 is 2.53 bits per heavy atom. The second kappa shape index (κ2) is 10.8. The molecule has 5 atom stereocenters. The summed E-state index contributed by atoms with van der Waals surface area (Å²) < 4.78 is 54.6. The quantitative estimate of drug-likeness (QED) is 0.311. The molecule has 0 spiro atoms. The lowest BCUT2D eigenvalue weighted by molar-refractivity contribution is -0.0242. The molecule has 17 heteroatoms. The van der Waals surface area contributed by atoms with Gasteiger partial charge in [-0.3, -0.25) is 13.7 Å². The molecule has 1 saturated heterocycles. The third-order valence-electron chi connectivity index (χ3n) is 4.20. The van der Waals surface area contributed by atoms with Crippen LogP contribution in [0.2, 0.25) is 0 Å². The van der Waals surface area contributed by atoms with Crippen molar-refractivity contribution >= 4 is 35.1 Å². The first-order chi connectivity index (χ1) is 14.8. The van der Waals surface area contributed by atoms with Gasteiger partial charge in [-0.05, 0) is 19.3 Å². The molecule has 1 aromatic heterocycles. The predicted molar refractivity (Wildman–Crippen MR) is 114 cm³/mol. The Kier molecular flexibility index (Phi) is 9.17. The first kappa shape index (κ1) is 27.1. The van der Waals surface area contributed by atoms with Gasteiger partial charge in [0.1, 0.15) is 12.0 Å². The molecule has 0 aliphatic carbocycles. The van der Waals surface area contributed by atoms with E-state index in [4.69, 9.17) is 10.5 Å². The number of nitrogens with zero attached hydrogens (tertiary/aromatic N) is 2. The fourth-order valence-corrected chi connectivity index (χ4v) is 6.38. The second-order valence-corrected chi connectivity index (χ2v) is 12.1. The van der Waals surface area contributed by atoms with Crippen LogP contribution < -0.4 is 11.4 Å². The van der Waals surface area contributed by atoms with Crippen LogP contribution in [0.3, 0.4) is 0 Å². The van der Waals surface area contributed by atoms with Crippen molar-refractivity contribution in [3.8, 4) is 0 Å². The summed E-state index contributed by atoms with van der Waals surface area (Å²) in [6.45, 7) is 2.60. The zero-order chi connectivity index (χ0) is 24.2. The summed E-state index contributed by atoms with van der Waals surface area (Å²) in [4.78, 5) is 44.3. The minimum Gasteiger partial charge on any atom is -0.383 e. The summed E-state index contributed by atoms with van der Waals surface area (Å²) in [6.07, 6.45) is 4.43. The van der Waals surface area contributed by atoms with Crippen LogP contribution in [0.15, 0.2) is 17.1 Å². The minimum absolute atomic E-state index is 0.0679. The molecule has 1 aliphatic heterocycles. The van der Waals surface area contributed by atoms with Gasteiger partial charge in [-0.1, -0.05) is 26.0 Å². The van der Waals surface area contributed by atoms with Crippen LogP contribution in [0.1, 0.15) is 44.9 Å². The molecular formula is C15H26N3O11P3. The Morgan fingerprint density at radius 1 is 1.22 bits per heavy atom. The van der Waals surface area contributed by atoms with Crippen molar-refractivity contribution < 1.29 is 46.3 Å². The number of phosphoric ester groups is 1. The number of nitrogen functional groups attached to an aromatic ring is 1. The number of hydrogen-bond donors (Lipinski definition) is 4. The highest BCUT2D eigenvalue weighted by molar-refractivity contribution is 7.68. The summed E-state index contributed by atoms with van der Waals surface area (Å²) in [5.74, 6) is 0.0679. The van der Waals surface area contributed by atoms with Crippen LogP contribution >= 0.6 is 23.2 Å². The number of aromatic nitrogens is 2. The van der Waals surface area contributed by atoms with Crippen LogP contribution in [0.5, 0.6) is 0 Å². The van der Waals surface area contributed by atoms with Crippen molar-refractivity contribution in [1.82, 2.24) is 9.55 Å². The van der Waals surface area contributed by atoms with Crippen molar-refractivity contribution in [3.63, 3.8) is 0 Å². The third-order valence-corrected chi connectivity index (χ3v) is 8.97. The highest BCUT2D eigenvalue weighted by atomic mass is 31.3. The van der Waals surface area contributed by atoms with E-state index in [-0.39, 0.29) is 5.82 Å². The van der Waals surface area contributed by atoms with E-state index >= 15 is 0 Å². The molecule has 0 bridgehead atoms. The van der Waals surface area contributed by atoms with E-state index in [9.17, 15) is 33.2 Å². The molecule has 5 N–H and O–H groups in total. The van der Waals surface area contributed by atoms with Gasteiger partial charge in [0.05, 0.1) is 12.7 Å². The summed E-state index contributed by atoms with van der Waals surface area (Å²) in [5.41, 5.74) is 5.64. The first-order valence-corrected chi connectivity index (χ1v) is 14.3. The monoisotopic (exact) mass is 517 g/mol. The maximum Gasteiger partial charge on any atom is 0.488 e. The Bertz CT molecular complexity index is 1040. The van der Waals surface area contributed by atoms with Crippen molar-refractivity contribution in [2.45, 2.75) is 45.4 Å². The molecule has 1 aliphatic rings. The Labute approximate surface area is 183 Å². The van der Waals surface area contributed by atoms with Crippen LogP contribution in [-0.4, -0.2) is 43.1 Å². The molecular weight excluding hydrogens is 491 g/mol. The second-order valence-electron chi connectivity index (χ2n) is 6.72. The lowest BCUT2D eigenvalue weighted by atomic mass is 10.2. The third kappa shape index (κ3) is 8.00. The minimum atomic E-state index is -5.36. The van der Waals surface area contributed by atoms with Gasteiger partial charge in [-0.2, -0.15) is 9.29 Å². The predicted octanol–water partition coefficient (Wildman–Crippen LogP) is 2.38. The van der Waals surface area contributed by atoms with E-state index in [0.717, 1.165) is 6.42 Å². The van der Waals surface area contributed by atoms with Crippen molar-refractivity contribution in [2.24, 2.45) is 0 Å². The molecule has 0 saturated carbocycles. The van der Waals surface area contributed by atoms with Gasteiger partial charge >= 0.3 is 28.9 Å². The number of hydrogen-bond acceptors (Lipinski definition) is 10. The Hall–Kier alpha value is -1.17. The van der Waals surface area contributed by atoms with Crippen LogP contribution in [0.4, 0.5) is 5.82 Å². The van der Waals surface area contributed by atoms with E-state index in [1.54, 1.807) is 6.08 Å². The molecule has 2 heterocycles. The number of anilines is 1. The molecule has 2 rings (SSSR count). The van der Waals surface area contributed by atoms with E-state index in [1.165, 1.54) is 17.7 Å². The van der Waals surface area contributed by atoms with Gasteiger partial charge in [0.25, 0.3) is 0 Å². The average molecular weight is 517 g/mol. The summed E-state index contributed by atoms with van der Waals surface area (Å²) in [7, 11) is -15.0. The fourth-order valence-electron chi connectivity index (χ4n) is 2.66. The highest BCUT2D eigenvalue weighted by Gasteiger charge is 2.41. The zero-order valence-electron chi connectivity index (χ0n) is 17.3. The van der Waals surface area contributed by atoms with Crippen LogP contribution in [0.25, 0.3) is 6.08 Å². The molecule has 14 nitrogen and oxygen atoms in total. The first-order valence-electron chi connectivity index (χ1n) is 9.52. The molecule has 1 aromatic rings. The number of nitrogens with two attached hydrogens (primary N) is 1. The van der Waals surface area contributed by atoms with Crippen molar-refractivity contribution in [1.29, 1.82) is 0 Å².